The Balaban J connectivity index is 2.21. The van der Waals surface area contributed by atoms with Crippen molar-refractivity contribution < 1.29 is 0 Å². The van der Waals surface area contributed by atoms with Crippen molar-refractivity contribution in [2.75, 3.05) is 0 Å². The highest BCUT2D eigenvalue weighted by atomic mass is 14.1. The summed E-state index contributed by atoms with van der Waals surface area (Å²) in [7, 11) is 0. The maximum Gasteiger partial charge on any atom is -0.0348 e. The second-order valence-electron chi connectivity index (χ2n) is 4.50. The topological polar surface area (TPSA) is 0 Å². The molecule has 0 heterocycles. The lowest BCUT2D eigenvalue weighted by atomic mass is 9.96. The Morgan fingerprint density at radius 3 is 2.38 bits per heavy atom. The average molecular weight is 180 g/mol. The SMILES string of the molecule is CC1CC/C=C/CCCCCCC1. The molecule has 0 aromatic heterocycles. The molecule has 0 radical (unpaired) electrons. The summed E-state index contributed by atoms with van der Waals surface area (Å²) in [4.78, 5) is 0. The third-order valence-corrected chi connectivity index (χ3v) is 3.06. The highest BCUT2D eigenvalue weighted by Gasteiger charge is 2.01. The molecular formula is C13H24. The first-order valence-electron chi connectivity index (χ1n) is 6.04. The molecule has 0 aliphatic heterocycles. The number of allylic oxidation sites excluding steroid dienone is 2. The standard InChI is InChI=1S/C13H24/c1-13-11-9-7-5-3-2-4-6-8-10-12-13/h5,7,13H,2-4,6,8-12H2,1H3/b7-5+. The van der Waals surface area contributed by atoms with Crippen LogP contribution in [0.25, 0.3) is 0 Å². The highest BCUT2D eigenvalue weighted by Crippen LogP contribution is 2.17. The minimum Gasteiger partial charge on any atom is -0.0885 e. The second-order valence-corrected chi connectivity index (χ2v) is 4.50. The zero-order chi connectivity index (χ0) is 9.36. The number of rotatable bonds is 0. The molecule has 0 heteroatoms. The zero-order valence-electron chi connectivity index (χ0n) is 9.10. The lowest BCUT2D eigenvalue weighted by Crippen LogP contribution is -1.94. The summed E-state index contributed by atoms with van der Waals surface area (Å²) < 4.78 is 0. The van der Waals surface area contributed by atoms with Crippen LogP contribution in [-0.2, 0) is 0 Å². The van der Waals surface area contributed by atoms with Crippen molar-refractivity contribution in [1.82, 2.24) is 0 Å². The van der Waals surface area contributed by atoms with Crippen LogP contribution in [0.1, 0.15) is 64.7 Å². The van der Waals surface area contributed by atoms with Crippen molar-refractivity contribution in [2.24, 2.45) is 5.92 Å². The third kappa shape index (κ3) is 5.90. The largest absolute Gasteiger partial charge is 0.0885 e. The van der Waals surface area contributed by atoms with E-state index in [1.54, 1.807) is 0 Å². The van der Waals surface area contributed by atoms with Gasteiger partial charge in [-0.2, -0.15) is 0 Å². The second kappa shape index (κ2) is 7.17. The molecule has 0 saturated heterocycles. The van der Waals surface area contributed by atoms with Gasteiger partial charge in [0.1, 0.15) is 0 Å². The summed E-state index contributed by atoms with van der Waals surface area (Å²) in [6.45, 7) is 2.40. The first-order chi connectivity index (χ1) is 6.39. The van der Waals surface area contributed by atoms with Gasteiger partial charge < -0.3 is 0 Å². The predicted octanol–water partition coefficient (Wildman–Crippen LogP) is 4.70. The molecular weight excluding hydrogens is 156 g/mol. The fourth-order valence-corrected chi connectivity index (χ4v) is 2.05. The molecule has 1 aliphatic rings. The van der Waals surface area contributed by atoms with Crippen molar-refractivity contribution >= 4 is 0 Å². The fraction of sp³-hybridized carbons (Fsp3) is 0.846. The summed E-state index contributed by atoms with van der Waals surface area (Å²) in [5.41, 5.74) is 0. The van der Waals surface area contributed by atoms with Crippen molar-refractivity contribution in [3.8, 4) is 0 Å². The van der Waals surface area contributed by atoms with Crippen molar-refractivity contribution in [3.05, 3.63) is 12.2 Å². The van der Waals surface area contributed by atoms with Gasteiger partial charge in [-0.3, -0.25) is 0 Å². The molecule has 0 saturated carbocycles. The van der Waals surface area contributed by atoms with Crippen LogP contribution in [0.15, 0.2) is 12.2 Å². The van der Waals surface area contributed by atoms with Gasteiger partial charge in [0.05, 0.1) is 0 Å². The van der Waals surface area contributed by atoms with Crippen molar-refractivity contribution in [2.45, 2.75) is 64.7 Å². The molecule has 0 N–H and O–H groups in total. The molecule has 1 aliphatic carbocycles. The van der Waals surface area contributed by atoms with E-state index in [1.165, 1.54) is 57.8 Å². The van der Waals surface area contributed by atoms with Gasteiger partial charge in [0, 0.05) is 0 Å². The van der Waals surface area contributed by atoms with Gasteiger partial charge in [0.25, 0.3) is 0 Å². The molecule has 0 amide bonds. The highest BCUT2D eigenvalue weighted by molar-refractivity contribution is 4.82. The summed E-state index contributed by atoms with van der Waals surface area (Å²) >= 11 is 0. The quantitative estimate of drug-likeness (QED) is 0.474. The van der Waals surface area contributed by atoms with Crippen LogP contribution in [0.3, 0.4) is 0 Å². The van der Waals surface area contributed by atoms with Crippen LogP contribution in [-0.4, -0.2) is 0 Å². The maximum atomic E-state index is 2.40. The van der Waals surface area contributed by atoms with Gasteiger partial charge >= 0.3 is 0 Å². The van der Waals surface area contributed by atoms with E-state index < -0.39 is 0 Å². The number of hydrogen-bond donors (Lipinski definition) is 0. The smallest absolute Gasteiger partial charge is 0.0348 e. The Hall–Kier alpha value is -0.260. The Morgan fingerprint density at radius 2 is 1.46 bits per heavy atom. The number of hydrogen-bond acceptors (Lipinski definition) is 0. The Kier molecular flexibility index (Phi) is 5.97. The average Bonchev–Trinajstić information content (AvgIpc) is 2.11. The van der Waals surface area contributed by atoms with Crippen LogP contribution in [0.4, 0.5) is 0 Å². The van der Waals surface area contributed by atoms with E-state index >= 15 is 0 Å². The molecule has 1 unspecified atom stereocenters. The van der Waals surface area contributed by atoms with Gasteiger partial charge in [-0.1, -0.05) is 51.2 Å². The van der Waals surface area contributed by atoms with E-state index in [0.717, 1.165) is 5.92 Å². The lowest BCUT2D eigenvalue weighted by Gasteiger charge is -2.10. The van der Waals surface area contributed by atoms with Crippen LogP contribution in [0.5, 0.6) is 0 Å². The minimum atomic E-state index is 0.948. The van der Waals surface area contributed by atoms with Gasteiger partial charge in [-0.05, 0) is 31.6 Å². The molecule has 0 aromatic carbocycles. The molecule has 1 rings (SSSR count). The Morgan fingerprint density at radius 1 is 0.769 bits per heavy atom. The molecule has 0 spiro atoms. The van der Waals surface area contributed by atoms with E-state index in [9.17, 15) is 0 Å². The van der Waals surface area contributed by atoms with Gasteiger partial charge in [0.2, 0.25) is 0 Å². The molecule has 0 bridgehead atoms. The monoisotopic (exact) mass is 180 g/mol. The van der Waals surface area contributed by atoms with E-state index in [4.69, 9.17) is 0 Å². The van der Waals surface area contributed by atoms with Gasteiger partial charge in [-0.25, -0.2) is 0 Å². The van der Waals surface area contributed by atoms with Gasteiger partial charge in [-0.15, -0.1) is 0 Å². The maximum absolute atomic E-state index is 2.40. The lowest BCUT2D eigenvalue weighted by molar-refractivity contribution is 0.457. The Bertz CT molecular complexity index is 135. The van der Waals surface area contributed by atoms with Gasteiger partial charge in [0.15, 0.2) is 0 Å². The normalized spacial score (nSPS) is 30.1. The molecule has 0 fully saturated rings. The Labute approximate surface area is 83.4 Å². The minimum absolute atomic E-state index is 0.948. The van der Waals surface area contributed by atoms with Crippen LogP contribution in [0.2, 0.25) is 0 Å². The van der Waals surface area contributed by atoms with Crippen LogP contribution < -0.4 is 0 Å². The summed E-state index contributed by atoms with van der Waals surface area (Å²) in [5.74, 6) is 0.948. The predicted molar refractivity (Wildman–Crippen MR) is 59.9 cm³/mol. The summed E-state index contributed by atoms with van der Waals surface area (Å²) in [6.07, 6.45) is 17.5. The van der Waals surface area contributed by atoms with Crippen molar-refractivity contribution in [1.29, 1.82) is 0 Å². The summed E-state index contributed by atoms with van der Waals surface area (Å²) in [5, 5.41) is 0. The fourth-order valence-electron chi connectivity index (χ4n) is 2.05. The van der Waals surface area contributed by atoms with Crippen LogP contribution in [0, 0.1) is 5.92 Å². The van der Waals surface area contributed by atoms with E-state index in [2.05, 4.69) is 19.1 Å². The van der Waals surface area contributed by atoms with Crippen LogP contribution >= 0.6 is 0 Å². The molecule has 76 valence electrons. The molecule has 0 aromatic rings. The zero-order valence-corrected chi connectivity index (χ0v) is 9.10. The van der Waals surface area contributed by atoms with E-state index in [-0.39, 0.29) is 0 Å². The molecule has 0 nitrogen and oxygen atoms in total. The third-order valence-electron chi connectivity index (χ3n) is 3.06. The van der Waals surface area contributed by atoms with Crippen molar-refractivity contribution in [3.63, 3.8) is 0 Å². The first kappa shape index (κ1) is 10.8. The van der Waals surface area contributed by atoms with E-state index in [1.807, 2.05) is 0 Å². The molecule has 1 atom stereocenters. The molecule has 13 heavy (non-hydrogen) atoms. The van der Waals surface area contributed by atoms with E-state index in [0.29, 0.717) is 0 Å². The summed E-state index contributed by atoms with van der Waals surface area (Å²) in [6, 6.07) is 0. The first-order valence-corrected chi connectivity index (χ1v) is 6.04.